The number of halogens is 5. The van der Waals surface area contributed by atoms with Crippen LogP contribution < -0.4 is 0 Å². The number of aryl methyl sites for hydroxylation is 1. The summed E-state index contributed by atoms with van der Waals surface area (Å²) in [4.78, 5) is 12.5. The molecule has 0 bridgehead atoms. The maximum atomic E-state index is 14.2. The van der Waals surface area contributed by atoms with Gasteiger partial charge < -0.3 is 0 Å². The Kier molecular flexibility index (Phi) is 7.32. The molecule has 3 aromatic rings. The van der Waals surface area contributed by atoms with Crippen molar-refractivity contribution in [2.45, 2.75) is 46.2 Å². The van der Waals surface area contributed by atoms with Gasteiger partial charge in [0, 0.05) is 5.92 Å². The van der Waals surface area contributed by atoms with Crippen LogP contribution in [-0.2, 0) is 11.0 Å². The lowest BCUT2D eigenvalue weighted by Crippen LogP contribution is -2.12. The number of carbonyl (C=O) groups is 1. The van der Waals surface area contributed by atoms with Gasteiger partial charge in [0.1, 0.15) is 11.6 Å². The standard InChI is InChI=1S/C27H25ClF4O/c1-15(2)7-24(17(4)33)22-11-20(18-5-6-25(28)26(29)14-18)10-21(12-22)19-8-16(3)9-23(13-19)27(30,31)32/h5-6,8-15,24H,7H2,1-4H3. The topological polar surface area (TPSA) is 17.1 Å². The van der Waals surface area contributed by atoms with E-state index in [0.717, 1.165) is 12.1 Å². The van der Waals surface area contributed by atoms with E-state index in [2.05, 4.69) is 0 Å². The van der Waals surface area contributed by atoms with Gasteiger partial charge in [0.15, 0.2) is 0 Å². The van der Waals surface area contributed by atoms with Crippen molar-refractivity contribution in [2.24, 2.45) is 5.92 Å². The molecule has 0 aliphatic heterocycles. The molecule has 174 valence electrons. The van der Waals surface area contributed by atoms with E-state index in [1.54, 1.807) is 37.3 Å². The zero-order chi connectivity index (χ0) is 24.5. The molecule has 1 unspecified atom stereocenters. The first-order chi connectivity index (χ1) is 15.3. The maximum Gasteiger partial charge on any atom is 0.416 e. The minimum Gasteiger partial charge on any atom is -0.299 e. The molecule has 6 heteroatoms. The molecule has 1 atom stereocenters. The van der Waals surface area contributed by atoms with E-state index >= 15 is 0 Å². The van der Waals surface area contributed by atoms with E-state index < -0.39 is 23.5 Å². The van der Waals surface area contributed by atoms with Crippen molar-refractivity contribution in [1.82, 2.24) is 0 Å². The van der Waals surface area contributed by atoms with Gasteiger partial charge in [0.05, 0.1) is 10.6 Å². The quantitative estimate of drug-likeness (QED) is 0.325. The summed E-state index contributed by atoms with van der Waals surface area (Å²) in [6, 6.07) is 13.5. The predicted molar refractivity (Wildman–Crippen MR) is 125 cm³/mol. The van der Waals surface area contributed by atoms with Gasteiger partial charge in [-0.15, -0.1) is 0 Å². The highest BCUT2D eigenvalue weighted by molar-refractivity contribution is 6.30. The third kappa shape index (κ3) is 6.02. The molecule has 0 aliphatic rings. The van der Waals surface area contributed by atoms with E-state index in [4.69, 9.17) is 11.6 Å². The van der Waals surface area contributed by atoms with Crippen LogP contribution in [0.2, 0.25) is 5.02 Å². The summed E-state index contributed by atoms with van der Waals surface area (Å²) < 4.78 is 54.5. The van der Waals surface area contributed by atoms with Crippen LogP contribution in [0.4, 0.5) is 17.6 Å². The van der Waals surface area contributed by atoms with Gasteiger partial charge in [-0.1, -0.05) is 49.7 Å². The SMILES string of the molecule is CC(=O)C(CC(C)C)c1cc(-c2cc(C)cc(C(F)(F)F)c2)cc(-c2ccc(Cl)c(F)c2)c1. The molecule has 33 heavy (non-hydrogen) atoms. The number of rotatable bonds is 6. The first-order valence-electron chi connectivity index (χ1n) is 10.6. The minimum atomic E-state index is -4.49. The smallest absolute Gasteiger partial charge is 0.299 e. The average Bonchev–Trinajstić information content (AvgIpc) is 2.72. The van der Waals surface area contributed by atoms with Crippen molar-refractivity contribution in [2.75, 3.05) is 0 Å². The van der Waals surface area contributed by atoms with Gasteiger partial charge in [-0.2, -0.15) is 13.2 Å². The first kappa shape index (κ1) is 25.0. The molecule has 1 nitrogen and oxygen atoms in total. The average molecular weight is 477 g/mol. The van der Waals surface area contributed by atoms with Crippen LogP contribution in [0.1, 0.15) is 49.8 Å². The normalized spacial score (nSPS) is 12.8. The van der Waals surface area contributed by atoms with Crippen molar-refractivity contribution >= 4 is 17.4 Å². The van der Waals surface area contributed by atoms with Crippen molar-refractivity contribution in [3.8, 4) is 22.3 Å². The molecule has 0 N–H and O–H groups in total. The van der Waals surface area contributed by atoms with Crippen LogP contribution in [-0.4, -0.2) is 5.78 Å². The lowest BCUT2D eigenvalue weighted by molar-refractivity contribution is -0.137. The third-order valence-corrected chi connectivity index (χ3v) is 5.85. The molecule has 0 radical (unpaired) electrons. The molecule has 0 amide bonds. The Morgan fingerprint density at radius 3 is 2.06 bits per heavy atom. The fourth-order valence-corrected chi connectivity index (χ4v) is 4.10. The van der Waals surface area contributed by atoms with E-state index in [1.165, 1.54) is 19.1 Å². The van der Waals surface area contributed by atoms with E-state index in [-0.39, 0.29) is 16.7 Å². The summed E-state index contributed by atoms with van der Waals surface area (Å²) in [6.07, 6.45) is -3.89. The third-order valence-electron chi connectivity index (χ3n) is 5.55. The Morgan fingerprint density at radius 1 is 0.909 bits per heavy atom. The molecule has 3 rings (SSSR count). The zero-order valence-electron chi connectivity index (χ0n) is 18.9. The fourth-order valence-electron chi connectivity index (χ4n) is 3.98. The summed E-state index contributed by atoms with van der Waals surface area (Å²) in [5, 5.41) is -0.0231. The molecule has 0 heterocycles. The fraction of sp³-hybridized carbons (Fsp3) is 0.296. The highest BCUT2D eigenvalue weighted by atomic mass is 35.5. The summed E-state index contributed by atoms with van der Waals surface area (Å²) in [5.74, 6) is -0.821. The summed E-state index contributed by atoms with van der Waals surface area (Å²) in [5.41, 5.74) is 2.45. The zero-order valence-corrected chi connectivity index (χ0v) is 19.6. The molecule has 0 aromatic heterocycles. The molecule has 0 saturated carbocycles. The highest BCUT2D eigenvalue weighted by Crippen LogP contribution is 2.37. The Balaban J connectivity index is 2.26. The van der Waals surface area contributed by atoms with Gasteiger partial charge in [0.2, 0.25) is 0 Å². The number of benzene rings is 3. The Bertz CT molecular complexity index is 1180. The minimum absolute atomic E-state index is 0.0231. The molecule has 0 saturated heterocycles. The van der Waals surface area contributed by atoms with Crippen LogP contribution in [0.3, 0.4) is 0 Å². The highest BCUT2D eigenvalue weighted by Gasteiger charge is 2.31. The molecule has 0 fully saturated rings. The van der Waals surface area contributed by atoms with Gasteiger partial charge in [-0.3, -0.25) is 4.79 Å². The summed E-state index contributed by atoms with van der Waals surface area (Å²) >= 11 is 5.83. The van der Waals surface area contributed by atoms with E-state index in [1.807, 2.05) is 13.8 Å². The second-order valence-corrected chi connectivity index (χ2v) is 9.26. The van der Waals surface area contributed by atoms with Gasteiger partial charge in [-0.25, -0.2) is 4.39 Å². The summed E-state index contributed by atoms with van der Waals surface area (Å²) in [6.45, 7) is 7.13. The molecule has 0 aliphatic carbocycles. The molecule has 3 aromatic carbocycles. The largest absolute Gasteiger partial charge is 0.416 e. The number of hydrogen-bond donors (Lipinski definition) is 0. The van der Waals surface area contributed by atoms with Crippen LogP contribution in [0.25, 0.3) is 22.3 Å². The molecular weight excluding hydrogens is 452 g/mol. The Hall–Kier alpha value is -2.66. The van der Waals surface area contributed by atoms with Crippen LogP contribution in [0.5, 0.6) is 0 Å². The molecule has 0 spiro atoms. The number of hydrogen-bond acceptors (Lipinski definition) is 1. The number of ketones is 1. The van der Waals surface area contributed by atoms with Crippen molar-refractivity contribution in [3.05, 3.63) is 82.1 Å². The molecular formula is C27H25ClF4O. The number of alkyl halides is 3. The van der Waals surface area contributed by atoms with Gasteiger partial charge in [-0.05, 0) is 89.9 Å². The lowest BCUT2D eigenvalue weighted by atomic mass is 9.84. The van der Waals surface area contributed by atoms with Crippen molar-refractivity contribution in [3.63, 3.8) is 0 Å². The number of carbonyl (C=O) groups excluding carboxylic acids is 1. The second-order valence-electron chi connectivity index (χ2n) is 8.85. The lowest BCUT2D eigenvalue weighted by Gasteiger charge is -2.20. The maximum absolute atomic E-state index is 14.2. The van der Waals surface area contributed by atoms with Crippen LogP contribution in [0.15, 0.2) is 54.6 Å². The van der Waals surface area contributed by atoms with Gasteiger partial charge in [0.25, 0.3) is 0 Å². The van der Waals surface area contributed by atoms with Crippen LogP contribution >= 0.6 is 11.6 Å². The second kappa shape index (κ2) is 9.68. The Morgan fingerprint density at radius 2 is 1.52 bits per heavy atom. The first-order valence-corrected chi connectivity index (χ1v) is 11.0. The Labute approximate surface area is 196 Å². The number of Topliss-reactive ketones (excluding diaryl/α,β-unsaturated/α-hetero) is 1. The summed E-state index contributed by atoms with van der Waals surface area (Å²) in [7, 11) is 0. The van der Waals surface area contributed by atoms with Gasteiger partial charge >= 0.3 is 6.18 Å². The van der Waals surface area contributed by atoms with E-state index in [9.17, 15) is 22.4 Å². The van der Waals surface area contributed by atoms with Crippen molar-refractivity contribution in [1.29, 1.82) is 0 Å². The predicted octanol–water partition coefficient (Wildman–Crippen LogP) is 8.86. The van der Waals surface area contributed by atoms with Crippen LogP contribution in [0, 0.1) is 18.7 Å². The monoisotopic (exact) mass is 476 g/mol. The van der Waals surface area contributed by atoms with Crippen molar-refractivity contribution < 1.29 is 22.4 Å². The van der Waals surface area contributed by atoms with E-state index in [0.29, 0.717) is 39.8 Å².